The SMILES string of the molecule is O=C(OCc1cc(Cl)c2c(c1)OCCCO2)C12C[C@H]3C[C@@H](CC(Cl)(C3)C1)C2. The van der Waals surface area contributed by atoms with E-state index in [0.29, 0.717) is 41.6 Å². The number of halogens is 2. The standard InChI is InChI=1S/C21H24Cl2O4/c22-16-5-13(6-17-18(16)26-3-1-2-25-17)11-27-19(24)20-7-14-4-15(8-20)10-21(23,9-14)12-20/h5-6,14-15H,1-4,7-12H2/t14-,15-,20?,21?/m1/s1. The molecule has 0 N–H and O–H groups in total. The second-order valence-electron chi connectivity index (χ2n) is 8.92. The number of ether oxygens (including phenoxy) is 3. The molecular weight excluding hydrogens is 387 g/mol. The molecule has 1 heterocycles. The average molecular weight is 411 g/mol. The zero-order valence-corrected chi connectivity index (χ0v) is 16.8. The Morgan fingerprint density at radius 1 is 1.15 bits per heavy atom. The Morgan fingerprint density at radius 2 is 1.89 bits per heavy atom. The average Bonchev–Trinajstić information content (AvgIpc) is 2.83. The van der Waals surface area contributed by atoms with E-state index < -0.39 is 0 Å². The van der Waals surface area contributed by atoms with E-state index in [0.717, 1.165) is 44.1 Å². The predicted molar refractivity (Wildman–Crippen MR) is 103 cm³/mol. The minimum absolute atomic E-state index is 0.0927. The molecule has 27 heavy (non-hydrogen) atoms. The molecule has 4 bridgehead atoms. The van der Waals surface area contributed by atoms with Crippen molar-refractivity contribution in [3.05, 3.63) is 22.7 Å². The summed E-state index contributed by atoms with van der Waals surface area (Å²) in [6, 6.07) is 3.66. The van der Waals surface area contributed by atoms with E-state index in [9.17, 15) is 4.79 Å². The van der Waals surface area contributed by atoms with Crippen LogP contribution >= 0.6 is 23.2 Å². The van der Waals surface area contributed by atoms with Gasteiger partial charge in [-0.2, -0.15) is 0 Å². The lowest BCUT2D eigenvalue weighted by atomic mass is 9.49. The lowest BCUT2D eigenvalue weighted by Gasteiger charge is -2.58. The van der Waals surface area contributed by atoms with Crippen LogP contribution in [0.1, 0.15) is 50.5 Å². The van der Waals surface area contributed by atoms with Crippen molar-refractivity contribution in [2.75, 3.05) is 13.2 Å². The smallest absolute Gasteiger partial charge is 0.312 e. The fourth-order valence-electron chi connectivity index (χ4n) is 6.06. The second kappa shape index (κ2) is 6.45. The maximum atomic E-state index is 13.1. The van der Waals surface area contributed by atoms with E-state index >= 15 is 0 Å². The minimum Gasteiger partial charge on any atom is -0.489 e. The third-order valence-corrected chi connectivity index (χ3v) is 7.38. The van der Waals surface area contributed by atoms with Crippen molar-refractivity contribution in [1.29, 1.82) is 0 Å². The van der Waals surface area contributed by atoms with E-state index in [1.807, 2.05) is 6.07 Å². The van der Waals surface area contributed by atoms with Gasteiger partial charge in [0.2, 0.25) is 0 Å². The zero-order valence-electron chi connectivity index (χ0n) is 15.3. The van der Waals surface area contributed by atoms with Gasteiger partial charge in [0.15, 0.2) is 11.5 Å². The molecule has 5 aliphatic rings. The lowest BCUT2D eigenvalue weighted by molar-refractivity contribution is -0.171. The molecule has 1 aromatic carbocycles. The molecule has 0 spiro atoms. The van der Waals surface area contributed by atoms with Crippen LogP contribution in [0.15, 0.2) is 12.1 Å². The maximum Gasteiger partial charge on any atom is 0.312 e. The molecule has 6 heteroatoms. The van der Waals surface area contributed by atoms with E-state index in [1.54, 1.807) is 6.07 Å². The molecule has 1 aromatic rings. The summed E-state index contributed by atoms with van der Waals surface area (Å²) in [5.74, 6) is 2.26. The third-order valence-electron chi connectivity index (χ3n) is 6.65. The van der Waals surface area contributed by atoms with Crippen LogP contribution in [0.2, 0.25) is 5.02 Å². The number of alkyl halides is 1. The van der Waals surface area contributed by atoms with Crippen molar-refractivity contribution >= 4 is 29.2 Å². The number of esters is 1. The quantitative estimate of drug-likeness (QED) is 0.512. The van der Waals surface area contributed by atoms with Gasteiger partial charge in [0.1, 0.15) is 6.61 Å². The first-order chi connectivity index (χ1) is 12.9. The summed E-state index contributed by atoms with van der Waals surface area (Å²) in [5.41, 5.74) is 0.434. The molecule has 4 fully saturated rings. The van der Waals surface area contributed by atoms with Crippen LogP contribution in [0.25, 0.3) is 0 Å². The number of rotatable bonds is 3. The van der Waals surface area contributed by atoms with Gasteiger partial charge in [-0.15, -0.1) is 11.6 Å². The Morgan fingerprint density at radius 3 is 2.63 bits per heavy atom. The van der Waals surface area contributed by atoms with Crippen molar-refractivity contribution in [3.8, 4) is 11.5 Å². The summed E-state index contributed by atoms with van der Waals surface area (Å²) in [6.45, 7) is 1.38. The Labute approximate surface area is 169 Å². The molecule has 4 saturated carbocycles. The van der Waals surface area contributed by atoms with Crippen molar-refractivity contribution < 1.29 is 19.0 Å². The highest BCUT2D eigenvalue weighted by molar-refractivity contribution is 6.32. The van der Waals surface area contributed by atoms with Gasteiger partial charge in [0.05, 0.1) is 23.7 Å². The molecule has 4 nitrogen and oxygen atoms in total. The number of carbonyl (C=O) groups is 1. The van der Waals surface area contributed by atoms with Crippen LogP contribution in [-0.4, -0.2) is 24.1 Å². The zero-order chi connectivity index (χ0) is 18.6. The van der Waals surface area contributed by atoms with Crippen molar-refractivity contribution in [3.63, 3.8) is 0 Å². The molecule has 0 unspecified atom stereocenters. The van der Waals surface area contributed by atoms with Gasteiger partial charge in [-0.3, -0.25) is 4.79 Å². The largest absolute Gasteiger partial charge is 0.489 e. The summed E-state index contributed by atoms with van der Waals surface area (Å²) in [6.07, 6.45) is 6.77. The highest BCUT2D eigenvalue weighted by Crippen LogP contribution is 2.64. The molecule has 4 aliphatic carbocycles. The molecule has 0 aromatic heterocycles. The van der Waals surface area contributed by atoms with Gasteiger partial charge in [0.25, 0.3) is 0 Å². The monoisotopic (exact) mass is 410 g/mol. The Hall–Kier alpha value is -1.13. The van der Waals surface area contributed by atoms with Gasteiger partial charge in [0, 0.05) is 11.3 Å². The van der Waals surface area contributed by atoms with Crippen LogP contribution in [0.5, 0.6) is 11.5 Å². The van der Waals surface area contributed by atoms with Crippen molar-refractivity contribution in [2.24, 2.45) is 17.3 Å². The summed E-state index contributed by atoms with van der Waals surface area (Å²) in [4.78, 5) is 12.9. The molecular formula is C21H24Cl2O4. The van der Waals surface area contributed by atoms with E-state index in [-0.39, 0.29) is 22.9 Å². The van der Waals surface area contributed by atoms with Crippen molar-refractivity contribution in [2.45, 2.75) is 56.4 Å². The first kappa shape index (κ1) is 17.9. The molecule has 146 valence electrons. The number of benzene rings is 1. The Kier molecular flexibility index (Phi) is 4.28. The van der Waals surface area contributed by atoms with Crippen LogP contribution in [0, 0.1) is 17.3 Å². The first-order valence-corrected chi connectivity index (χ1v) is 10.6. The summed E-state index contributed by atoms with van der Waals surface area (Å²) >= 11 is 13.2. The summed E-state index contributed by atoms with van der Waals surface area (Å²) in [7, 11) is 0. The number of fused-ring (bicyclic) bond motifs is 1. The van der Waals surface area contributed by atoms with E-state index in [2.05, 4.69) is 0 Å². The molecule has 1 aliphatic heterocycles. The van der Waals surface area contributed by atoms with E-state index in [1.165, 1.54) is 6.42 Å². The fraction of sp³-hybridized carbons (Fsp3) is 0.667. The molecule has 6 rings (SSSR count). The Bertz CT molecular complexity index is 764. The predicted octanol–water partition coefficient (Wildman–Crippen LogP) is 5.12. The second-order valence-corrected chi connectivity index (χ2v) is 10.1. The lowest BCUT2D eigenvalue weighted by Crippen LogP contribution is -2.56. The summed E-state index contributed by atoms with van der Waals surface area (Å²) in [5, 5.41) is 0.495. The van der Waals surface area contributed by atoms with Gasteiger partial charge in [-0.25, -0.2) is 0 Å². The van der Waals surface area contributed by atoms with Crippen LogP contribution in [0.4, 0.5) is 0 Å². The normalized spacial score (nSPS) is 36.4. The third kappa shape index (κ3) is 3.19. The molecule has 0 radical (unpaired) electrons. The van der Waals surface area contributed by atoms with Gasteiger partial charge in [-0.1, -0.05) is 11.6 Å². The molecule has 0 saturated heterocycles. The molecule has 2 atom stereocenters. The fourth-order valence-corrected chi connectivity index (χ4v) is 7.04. The van der Waals surface area contributed by atoms with E-state index in [4.69, 9.17) is 37.4 Å². The highest BCUT2D eigenvalue weighted by atomic mass is 35.5. The first-order valence-electron chi connectivity index (χ1n) is 9.89. The number of carbonyl (C=O) groups excluding carboxylic acids is 1. The summed E-state index contributed by atoms with van der Waals surface area (Å²) < 4.78 is 17.2. The van der Waals surface area contributed by atoms with Gasteiger partial charge in [-0.05, 0) is 68.1 Å². The van der Waals surface area contributed by atoms with Gasteiger partial charge < -0.3 is 14.2 Å². The van der Waals surface area contributed by atoms with Crippen LogP contribution < -0.4 is 9.47 Å². The molecule has 0 amide bonds. The number of hydrogen-bond donors (Lipinski definition) is 0. The van der Waals surface area contributed by atoms with Crippen molar-refractivity contribution in [1.82, 2.24) is 0 Å². The van der Waals surface area contributed by atoms with Crippen LogP contribution in [-0.2, 0) is 16.1 Å². The topological polar surface area (TPSA) is 44.8 Å². The highest BCUT2D eigenvalue weighted by Gasteiger charge is 2.60. The minimum atomic E-state index is -0.388. The maximum absolute atomic E-state index is 13.1. The van der Waals surface area contributed by atoms with Gasteiger partial charge >= 0.3 is 5.97 Å². The number of hydrogen-bond acceptors (Lipinski definition) is 4. The van der Waals surface area contributed by atoms with Crippen LogP contribution in [0.3, 0.4) is 0 Å². The Balaban J connectivity index is 1.31.